The minimum Gasteiger partial charge on any atom is -0.360 e. The number of nitriles is 1. The first kappa shape index (κ1) is 12.4. The molecule has 1 aromatic carbocycles. The molecule has 18 heavy (non-hydrogen) atoms. The lowest BCUT2D eigenvalue weighted by Crippen LogP contribution is -2.39. The lowest BCUT2D eigenvalue weighted by atomic mass is 10.1. The number of rotatable bonds is 4. The maximum atomic E-state index is 11.6. The van der Waals surface area contributed by atoms with Crippen molar-refractivity contribution in [2.75, 3.05) is 36.9 Å². The summed E-state index contributed by atoms with van der Waals surface area (Å²) in [7, 11) is 1.91. The van der Waals surface area contributed by atoms with Gasteiger partial charge in [-0.2, -0.15) is 5.26 Å². The fourth-order valence-corrected chi connectivity index (χ4v) is 2.06. The number of amides is 1. The second kappa shape index (κ2) is 5.52. The molecular formula is C13H16N4O. The van der Waals surface area contributed by atoms with Gasteiger partial charge >= 0.3 is 0 Å². The number of hydrogen-bond donors (Lipinski definition) is 2. The van der Waals surface area contributed by atoms with E-state index in [-0.39, 0.29) is 5.91 Å². The van der Waals surface area contributed by atoms with Gasteiger partial charge in [0.05, 0.1) is 29.6 Å². The molecule has 2 N–H and O–H groups in total. The van der Waals surface area contributed by atoms with E-state index in [2.05, 4.69) is 16.7 Å². The van der Waals surface area contributed by atoms with Crippen molar-refractivity contribution in [3.8, 4) is 6.07 Å². The van der Waals surface area contributed by atoms with Crippen molar-refractivity contribution < 1.29 is 4.79 Å². The van der Waals surface area contributed by atoms with Crippen LogP contribution in [0.25, 0.3) is 0 Å². The predicted octanol–water partition coefficient (Wildman–Crippen LogP) is 0.926. The van der Waals surface area contributed by atoms with Crippen LogP contribution in [0.5, 0.6) is 0 Å². The first-order valence-corrected chi connectivity index (χ1v) is 5.98. The molecule has 1 aliphatic rings. The molecule has 0 atom stereocenters. The summed E-state index contributed by atoms with van der Waals surface area (Å²) < 4.78 is 0. The molecule has 0 saturated heterocycles. The van der Waals surface area contributed by atoms with Crippen molar-refractivity contribution in [1.29, 1.82) is 5.26 Å². The Labute approximate surface area is 106 Å². The van der Waals surface area contributed by atoms with E-state index in [0.717, 1.165) is 30.9 Å². The van der Waals surface area contributed by atoms with Crippen LogP contribution in [0.1, 0.15) is 12.0 Å². The van der Waals surface area contributed by atoms with E-state index < -0.39 is 0 Å². The van der Waals surface area contributed by atoms with Gasteiger partial charge in [-0.1, -0.05) is 0 Å². The fraction of sp³-hybridized carbons (Fsp3) is 0.385. The van der Waals surface area contributed by atoms with Crippen molar-refractivity contribution in [3.63, 3.8) is 0 Å². The van der Waals surface area contributed by atoms with E-state index in [1.165, 1.54) is 0 Å². The number of hydrogen-bond acceptors (Lipinski definition) is 4. The highest BCUT2D eigenvalue weighted by atomic mass is 16.2. The molecule has 0 saturated carbocycles. The van der Waals surface area contributed by atoms with Gasteiger partial charge in [-0.15, -0.1) is 0 Å². The standard InChI is InChI=1S/C13H16N4O/c1-15-5-2-6-17-9-13(18)16-11-4-3-10(8-14)7-12(11)17/h3-4,7,15H,2,5-6,9H2,1H3,(H,16,18). The molecule has 5 nitrogen and oxygen atoms in total. The molecule has 0 unspecified atom stereocenters. The number of benzene rings is 1. The normalized spacial score (nSPS) is 13.8. The van der Waals surface area contributed by atoms with Crippen molar-refractivity contribution in [1.82, 2.24) is 5.32 Å². The Balaban J connectivity index is 2.22. The summed E-state index contributed by atoms with van der Waals surface area (Å²) in [5.74, 6) is -0.00309. The smallest absolute Gasteiger partial charge is 0.243 e. The molecule has 0 fully saturated rings. The van der Waals surface area contributed by atoms with E-state index in [1.54, 1.807) is 12.1 Å². The van der Waals surface area contributed by atoms with Crippen LogP contribution >= 0.6 is 0 Å². The van der Waals surface area contributed by atoms with Crippen LogP contribution in [-0.4, -0.2) is 32.6 Å². The molecule has 94 valence electrons. The number of nitrogens with zero attached hydrogens (tertiary/aromatic N) is 2. The van der Waals surface area contributed by atoms with E-state index in [9.17, 15) is 4.79 Å². The molecule has 0 aliphatic carbocycles. The molecule has 0 aromatic heterocycles. The van der Waals surface area contributed by atoms with E-state index in [4.69, 9.17) is 5.26 Å². The van der Waals surface area contributed by atoms with Gasteiger partial charge < -0.3 is 15.5 Å². The Kier molecular flexibility index (Phi) is 3.80. The number of nitrogens with one attached hydrogen (secondary N) is 2. The molecule has 0 spiro atoms. The predicted molar refractivity (Wildman–Crippen MR) is 70.5 cm³/mol. The highest BCUT2D eigenvalue weighted by Crippen LogP contribution is 2.30. The molecule has 1 aliphatic heterocycles. The Morgan fingerprint density at radius 3 is 3.11 bits per heavy atom. The topological polar surface area (TPSA) is 68.2 Å². The number of anilines is 2. The van der Waals surface area contributed by atoms with Gasteiger partial charge in [-0.25, -0.2) is 0 Å². The molecule has 2 rings (SSSR count). The quantitative estimate of drug-likeness (QED) is 0.773. The Morgan fingerprint density at radius 1 is 1.56 bits per heavy atom. The first-order valence-electron chi connectivity index (χ1n) is 5.98. The van der Waals surface area contributed by atoms with Crippen molar-refractivity contribution in [3.05, 3.63) is 23.8 Å². The second-order valence-corrected chi connectivity index (χ2v) is 4.27. The average Bonchev–Trinajstić information content (AvgIpc) is 2.38. The van der Waals surface area contributed by atoms with Crippen LogP contribution in [-0.2, 0) is 4.79 Å². The van der Waals surface area contributed by atoms with Gasteiger partial charge in [0, 0.05) is 6.54 Å². The van der Waals surface area contributed by atoms with Crippen LogP contribution in [0.3, 0.4) is 0 Å². The minimum atomic E-state index is -0.00309. The van der Waals surface area contributed by atoms with Gasteiger partial charge in [0.15, 0.2) is 0 Å². The summed E-state index contributed by atoms with van der Waals surface area (Å²) in [5.41, 5.74) is 2.34. The zero-order chi connectivity index (χ0) is 13.0. The van der Waals surface area contributed by atoms with Crippen LogP contribution < -0.4 is 15.5 Å². The maximum Gasteiger partial charge on any atom is 0.243 e. The summed E-state index contributed by atoms with van der Waals surface area (Å²) in [4.78, 5) is 13.6. The zero-order valence-electron chi connectivity index (χ0n) is 10.4. The summed E-state index contributed by atoms with van der Waals surface area (Å²) in [6.45, 7) is 2.06. The Hall–Kier alpha value is -2.06. The molecule has 1 heterocycles. The summed E-state index contributed by atoms with van der Waals surface area (Å²) in [6.07, 6.45) is 0.958. The Morgan fingerprint density at radius 2 is 2.39 bits per heavy atom. The summed E-state index contributed by atoms with van der Waals surface area (Å²) in [6, 6.07) is 7.46. The highest BCUT2D eigenvalue weighted by Gasteiger charge is 2.21. The first-order chi connectivity index (χ1) is 8.74. The summed E-state index contributed by atoms with van der Waals surface area (Å²) >= 11 is 0. The van der Waals surface area contributed by atoms with Crippen molar-refractivity contribution in [2.24, 2.45) is 0 Å². The molecule has 1 amide bonds. The van der Waals surface area contributed by atoms with Crippen LogP contribution in [0.2, 0.25) is 0 Å². The lowest BCUT2D eigenvalue weighted by molar-refractivity contribution is -0.115. The van der Waals surface area contributed by atoms with Crippen LogP contribution in [0.15, 0.2) is 18.2 Å². The van der Waals surface area contributed by atoms with Gasteiger partial charge in [-0.05, 0) is 38.2 Å². The number of fused-ring (bicyclic) bond motifs is 1. The van der Waals surface area contributed by atoms with Crippen LogP contribution in [0, 0.1) is 11.3 Å². The third-order valence-corrected chi connectivity index (χ3v) is 2.93. The average molecular weight is 244 g/mol. The van der Waals surface area contributed by atoms with Crippen molar-refractivity contribution in [2.45, 2.75) is 6.42 Å². The molecule has 0 radical (unpaired) electrons. The van der Waals surface area contributed by atoms with Gasteiger partial charge in [-0.3, -0.25) is 4.79 Å². The second-order valence-electron chi connectivity index (χ2n) is 4.27. The number of carbonyl (C=O) groups excluding carboxylic acids is 1. The van der Waals surface area contributed by atoms with Gasteiger partial charge in [0.2, 0.25) is 5.91 Å². The molecule has 1 aromatic rings. The Bertz CT molecular complexity index is 492. The van der Waals surface area contributed by atoms with Crippen molar-refractivity contribution >= 4 is 17.3 Å². The van der Waals surface area contributed by atoms with Gasteiger partial charge in [0.1, 0.15) is 0 Å². The SMILES string of the molecule is CNCCCN1CC(=O)Nc2ccc(C#N)cc21. The lowest BCUT2D eigenvalue weighted by Gasteiger charge is -2.31. The molecular weight excluding hydrogens is 228 g/mol. The number of carbonyl (C=O) groups is 1. The third-order valence-electron chi connectivity index (χ3n) is 2.93. The zero-order valence-corrected chi connectivity index (χ0v) is 10.4. The van der Waals surface area contributed by atoms with E-state index in [0.29, 0.717) is 12.1 Å². The monoisotopic (exact) mass is 244 g/mol. The van der Waals surface area contributed by atoms with Gasteiger partial charge in [0.25, 0.3) is 0 Å². The fourth-order valence-electron chi connectivity index (χ4n) is 2.06. The maximum absolute atomic E-state index is 11.6. The van der Waals surface area contributed by atoms with E-state index in [1.807, 2.05) is 18.0 Å². The van der Waals surface area contributed by atoms with E-state index >= 15 is 0 Å². The highest BCUT2D eigenvalue weighted by molar-refractivity contribution is 6.01. The molecule has 0 bridgehead atoms. The summed E-state index contributed by atoms with van der Waals surface area (Å²) in [5, 5.41) is 14.8. The van der Waals surface area contributed by atoms with Crippen LogP contribution in [0.4, 0.5) is 11.4 Å². The largest absolute Gasteiger partial charge is 0.360 e. The molecule has 5 heteroatoms. The minimum absolute atomic E-state index is 0.00309. The third kappa shape index (κ3) is 2.60.